The quantitative estimate of drug-likeness (QED) is 0.643. The van der Waals surface area contributed by atoms with Crippen LogP contribution in [0.5, 0.6) is 0 Å². The highest BCUT2D eigenvalue weighted by atomic mass is 16.5. The normalized spacial score (nSPS) is 10.6. The molecule has 0 aliphatic rings. The average Bonchev–Trinajstić information content (AvgIpc) is 3.19. The van der Waals surface area contributed by atoms with E-state index < -0.39 is 11.9 Å². The molecule has 0 saturated carbocycles. The van der Waals surface area contributed by atoms with Crippen molar-refractivity contribution in [2.45, 2.75) is 20.4 Å². The molecule has 0 saturated heterocycles. The number of carbonyl (C=O) groups is 2. The van der Waals surface area contributed by atoms with E-state index in [-0.39, 0.29) is 13.2 Å². The number of aromatic nitrogens is 1. The zero-order valence-electron chi connectivity index (χ0n) is 15.2. The Morgan fingerprint density at radius 2 is 1.89 bits per heavy atom. The van der Waals surface area contributed by atoms with Gasteiger partial charge in [-0.15, -0.1) is 0 Å². The number of nitrogens with one attached hydrogen (secondary N) is 2. The third kappa shape index (κ3) is 4.08. The van der Waals surface area contributed by atoms with E-state index in [1.807, 2.05) is 6.07 Å². The molecule has 0 spiro atoms. The average molecular weight is 369 g/mol. The van der Waals surface area contributed by atoms with E-state index in [9.17, 15) is 9.59 Å². The summed E-state index contributed by atoms with van der Waals surface area (Å²) in [6.07, 6.45) is 3.17. The number of esters is 2. The van der Waals surface area contributed by atoms with Crippen molar-refractivity contribution in [3.8, 4) is 0 Å². The molecule has 2 heterocycles. The zero-order chi connectivity index (χ0) is 19.2. The summed E-state index contributed by atoms with van der Waals surface area (Å²) in [5.41, 5.74) is 2.07. The summed E-state index contributed by atoms with van der Waals surface area (Å²) in [6.45, 7) is 4.42. The van der Waals surface area contributed by atoms with Gasteiger partial charge in [-0.05, 0) is 38.1 Å². The predicted molar refractivity (Wildman–Crippen MR) is 98.5 cm³/mol. The van der Waals surface area contributed by atoms with Crippen molar-refractivity contribution >= 4 is 28.5 Å². The number of fused-ring (bicyclic) bond motifs is 1. The van der Waals surface area contributed by atoms with Gasteiger partial charge in [-0.3, -0.25) is 0 Å². The van der Waals surface area contributed by atoms with Crippen molar-refractivity contribution in [3.05, 3.63) is 59.7 Å². The molecule has 0 fully saturated rings. The molecule has 140 valence electrons. The fourth-order valence-corrected chi connectivity index (χ4v) is 2.73. The molecular formula is C20H21N2O5+. The minimum absolute atomic E-state index is 0.261. The molecule has 2 aromatic heterocycles. The van der Waals surface area contributed by atoms with Crippen LogP contribution in [0.4, 0.5) is 5.69 Å². The number of hydrogen-bond acceptors (Lipinski definition) is 6. The van der Waals surface area contributed by atoms with E-state index >= 15 is 0 Å². The molecule has 0 amide bonds. The van der Waals surface area contributed by atoms with Crippen molar-refractivity contribution in [2.24, 2.45) is 0 Å². The number of pyridine rings is 1. The van der Waals surface area contributed by atoms with Crippen molar-refractivity contribution in [1.29, 1.82) is 0 Å². The highest BCUT2D eigenvalue weighted by molar-refractivity contribution is 6.05. The first-order chi connectivity index (χ1) is 13.1. The fraction of sp³-hybridized carbons (Fsp3) is 0.250. The number of anilines is 1. The molecule has 3 aromatic rings. The van der Waals surface area contributed by atoms with Gasteiger partial charge in [0, 0.05) is 6.07 Å². The van der Waals surface area contributed by atoms with Crippen LogP contribution < -0.4 is 10.3 Å². The number of benzene rings is 1. The topological polar surface area (TPSA) is 91.9 Å². The van der Waals surface area contributed by atoms with Crippen molar-refractivity contribution < 1.29 is 28.5 Å². The molecule has 0 atom stereocenters. The third-order valence-corrected chi connectivity index (χ3v) is 3.96. The van der Waals surface area contributed by atoms with Gasteiger partial charge in [0.15, 0.2) is 6.20 Å². The fourth-order valence-electron chi connectivity index (χ4n) is 2.73. The van der Waals surface area contributed by atoms with Crippen LogP contribution in [0.2, 0.25) is 0 Å². The number of rotatable bonds is 7. The summed E-state index contributed by atoms with van der Waals surface area (Å²) in [6, 6.07) is 8.76. The predicted octanol–water partition coefficient (Wildman–Crippen LogP) is 3.21. The second-order valence-electron chi connectivity index (χ2n) is 5.71. The molecule has 2 N–H and O–H groups in total. The standard InChI is InChI=1S/C20H20N2O5/c1-3-25-19(23)13-7-8-17-15(10-13)18(22-11-14-6-5-9-27-14)16(12-21-17)20(24)26-4-2/h5-10,12H,3-4,11H2,1-2H3,(H,21,22)/p+1. The van der Waals surface area contributed by atoms with Crippen LogP contribution in [-0.2, 0) is 16.0 Å². The van der Waals surface area contributed by atoms with Gasteiger partial charge in [-0.25, -0.2) is 14.6 Å². The summed E-state index contributed by atoms with van der Waals surface area (Å²) < 4.78 is 15.6. The Hall–Kier alpha value is -3.35. The van der Waals surface area contributed by atoms with Crippen molar-refractivity contribution in [1.82, 2.24) is 0 Å². The first-order valence-corrected chi connectivity index (χ1v) is 8.73. The maximum Gasteiger partial charge on any atom is 0.346 e. The van der Waals surface area contributed by atoms with Crippen LogP contribution in [0.25, 0.3) is 10.9 Å². The number of ether oxygens (including phenoxy) is 2. The molecule has 0 aliphatic carbocycles. The second kappa shape index (κ2) is 8.35. The summed E-state index contributed by atoms with van der Waals surface area (Å²) in [4.78, 5) is 27.6. The Kier molecular flexibility index (Phi) is 5.71. The van der Waals surface area contributed by atoms with E-state index in [0.29, 0.717) is 34.5 Å². The molecule has 0 radical (unpaired) electrons. The molecule has 27 heavy (non-hydrogen) atoms. The molecule has 3 rings (SSSR count). The van der Waals surface area contributed by atoms with E-state index in [2.05, 4.69) is 10.3 Å². The summed E-state index contributed by atoms with van der Waals surface area (Å²) in [5.74, 6) is -0.163. The molecule has 1 aromatic carbocycles. The van der Waals surface area contributed by atoms with Gasteiger partial charge < -0.3 is 19.2 Å². The summed E-state index contributed by atoms with van der Waals surface area (Å²) in [7, 11) is 0. The molecule has 7 heteroatoms. The van der Waals surface area contributed by atoms with Crippen LogP contribution >= 0.6 is 0 Å². The van der Waals surface area contributed by atoms with E-state index in [1.165, 1.54) is 0 Å². The van der Waals surface area contributed by atoms with Gasteiger partial charge in [0.1, 0.15) is 11.3 Å². The highest BCUT2D eigenvalue weighted by Gasteiger charge is 2.21. The van der Waals surface area contributed by atoms with Crippen molar-refractivity contribution in [2.75, 3.05) is 18.5 Å². The Morgan fingerprint density at radius 3 is 2.59 bits per heavy atom. The molecular weight excluding hydrogens is 348 g/mol. The first kappa shape index (κ1) is 18.4. The lowest BCUT2D eigenvalue weighted by Gasteiger charge is -2.11. The van der Waals surface area contributed by atoms with Crippen LogP contribution in [0.1, 0.15) is 40.3 Å². The number of furan rings is 1. The van der Waals surface area contributed by atoms with Crippen LogP contribution in [0.3, 0.4) is 0 Å². The molecule has 0 bridgehead atoms. The van der Waals surface area contributed by atoms with Crippen molar-refractivity contribution in [3.63, 3.8) is 0 Å². The maximum atomic E-state index is 12.4. The van der Waals surface area contributed by atoms with Gasteiger partial charge in [0.25, 0.3) is 0 Å². The smallest absolute Gasteiger partial charge is 0.346 e. The van der Waals surface area contributed by atoms with Gasteiger partial charge in [0.2, 0.25) is 5.52 Å². The number of H-pyrrole nitrogens is 1. The molecule has 7 nitrogen and oxygen atoms in total. The Morgan fingerprint density at radius 1 is 1.11 bits per heavy atom. The van der Waals surface area contributed by atoms with E-state index in [1.54, 1.807) is 50.6 Å². The monoisotopic (exact) mass is 369 g/mol. The lowest BCUT2D eigenvalue weighted by molar-refractivity contribution is -0.344. The Balaban J connectivity index is 2.07. The molecule has 0 aliphatic heterocycles. The molecule has 0 unspecified atom stereocenters. The Labute approximate surface area is 156 Å². The SMILES string of the molecule is CCOC(=O)c1ccc2[nH+]cc(C(=O)OCC)c(NCc3ccco3)c2c1. The minimum Gasteiger partial charge on any atom is -0.467 e. The third-order valence-electron chi connectivity index (χ3n) is 3.96. The maximum absolute atomic E-state index is 12.4. The number of hydrogen-bond donors (Lipinski definition) is 1. The van der Waals surface area contributed by atoms with Crippen LogP contribution in [-0.4, -0.2) is 25.2 Å². The van der Waals surface area contributed by atoms with Gasteiger partial charge >= 0.3 is 11.9 Å². The van der Waals surface area contributed by atoms with Gasteiger partial charge in [-0.2, -0.15) is 0 Å². The van der Waals surface area contributed by atoms with E-state index in [4.69, 9.17) is 13.9 Å². The van der Waals surface area contributed by atoms with Gasteiger partial charge in [0.05, 0.1) is 42.7 Å². The zero-order valence-corrected chi connectivity index (χ0v) is 15.2. The number of aromatic amines is 1. The lowest BCUT2D eigenvalue weighted by Crippen LogP contribution is -2.16. The summed E-state index contributed by atoms with van der Waals surface area (Å²) in [5, 5.41) is 3.91. The highest BCUT2D eigenvalue weighted by Crippen LogP contribution is 2.27. The summed E-state index contributed by atoms with van der Waals surface area (Å²) >= 11 is 0. The number of carbonyl (C=O) groups excluding carboxylic acids is 2. The minimum atomic E-state index is -0.459. The first-order valence-electron chi connectivity index (χ1n) is 8.73. The Bertz CT molecular complexity index is 945. The largest absolute Gasteiger partial charge is 0.467 e. The van der Waals surface area contributed by atoms with Gasteiger partial charge in [-0.1, -0.05) is 0 Å². The van der Waals surface area contributed by atoms with Crippen LogP contribution in [0.15, 0.2) is 47.2 Å². The van der Waals surface area contributed by atoms with Crippen LogP contribution in [0, 0.1) is 0 Å². The second-order valence-corrected chi connectivity index (χ2v) is 5.71. The van der Waals surface area contributed by atoms with E-state index in [0.717, 1.165) is 5.52 Å². The lowest BCUT2D eigenvalue weighted by atomic mass is 10.1.